The zero-order valence-corrected chi connectivity index (χ0v) is 10.7. The predicted molar refractivity (Wildman–Crippen MR) is 69.2 cm³/mol. The van der Waals surface area contributed by atoms with Crippen molar-refractivity contribution in [1.29, 1.82) is 0 Å². The summed E-state index contributed by atoms with van der Waals surface area (Å²) in [5.41, 5.74) is 6.66. The summed E-state index contributed by atoms with van der Waals surface area (Å²) in [5, 5.41) is 0.535. The molecule has 0 aromatic carbocycles. The number of pyridine rings is 1. The number of hydrogen-bond donors (Lipinski definition) is 1. The van der Waals surface area contributed by atoms with Crippen molar-refractivity contribution in [3.05, 3.63) is 23.9 Å². The van der Waals surface area contributed by atoms with E-state index in [1.165, 1.54) is 11.8 Å². The van der Waals surface area contributed by atoms with Gasteiger partial charge < -0.3 is 5.73 Å². The number of nitrogens with zero attached hydrogens (tertiary/aromatic N) is 2. The first-order valence-electron chi connectivity index (χ1n) is 3.53. The van der Waals surface area contributed by atoms with E-state index in [9.17, 15) is 0 Å². The Morgan fingerprint density at radius 2 is 2.31 bits per heavy atom. The molecule has 5 heteroatoms. The molecule has 2 N–H and O–H groups in total. The molecule has 3 nitrogen and oxygen atoms in total. The van der Waals surface area contributed by atoms with Crippen molar-refractivity contribution in [3.63, 3.8) is 0 Å². The van der Waals surface area contributed by atoms with Crippen molar-refractivity contribution in [3.8, 4) is 0 Å². The van der Waals surface area contributed by atoms with Crippen LogP contribution in [0.2, 0.25) is 0 Å². The van der Waals surface area contributed by atoms with Gasteiger partial charge in [-0.15, -0.1) is 24.0 Å². The SMILES string of the molecule is CSC(N)=Nc1cc(C)ccn1.I. The predicted octanol–water partition coefficient (Wildman–Crippen LogP) is 2.32. The molecule has 0 aliphatic heterocycles. The monoisotopic (exact) mass is 309 g/mol. The Labute approximate surface area is 99.2 Å². The summed E-state index contributed by atoms with van der Waals surface area (Å²) in [4.78, 5) is 8.13. The smallest absolute Gasteiger partial charge is 0.160 e. The van der Waals surface area contributed by atoms with Gasteiger partial charge in [-0.2, -0.15) is 0 Å². The molecule has 13 heavy (non-hydrogen) atoms. The van der Waals surface area contributed by atoms with Crippen LogP contribution in [0.1, 0.15) is 5.56 Å². The molecule has 0 saturated heterocycles. The van der Waals surface area contributed by atoms with Crippen molar-refractivity contribution in [1.82, 2.24) is 4.98 Å². The molecule has 0 saturated carbocycles. The van der Waals surface area contributed by atoms with Gasteiger partial charge in [0.2, 0.25) is 0 Å². The van der Waals surface area contributed by atoms with Crippen LogP contribution in [-0.4, -0.2) is 16.4 Å². The number of nitrogens with two attached hydrogens (primary N) is 1. The van der Waals surface area contributed by atoms with Gasteiger partial charge in [0.05, 0.1) is 0 Å². The maximum absolute atomic E-state index is 5.53. The molecule has 0 fully saturated rings. The summed E-state index contributed by atoms with van der Waals surface area (Å²) in [6.45, 7) is 2.00. The van der Waals surface area contributed by atoms with Crippen LogP contribution in [0.25, 0.3) is 0 Å². The Morgan fingerprint density at radius 1 is 1.62 bits per heavy atom. The molecule has 0 aliphatic carbocycles. The first-order chi connectivity index (χ1) is 5.72. The van der Waals surface area contributed by atoms with E-state index in [1.54, 1.807) is 6.20 Å². The largest absolute Gasteiger partial charge is 0.378 e. The van der Waals surface area contributed by atoms with E-state index in [4.69, 9.17) is 5.73 Å². The van der Waals surface area contributed by atoms with Gasteiger partial charge in [0, 0.05) is 6.20 Å². The molecule has 0 radical (unpaired) electrons. The number of aliphatic imine (C=N–C) groups is 1. The lowest BCUT2D eigenvalue weighted by molar-refractivity contribution is 1.24. The Balaban J connectivity index is 0.00000144. The van der Waals surface area contributed by atoms with E-state index < -0.39 is 0 Å². The van der Waals surface area contributed by atoms with Gasteiger partial charge in [-0.1, -0.05) is 11.8 Å². The van der Waals surface area contributed by atoms with Gasteiger partial charge >= 0.3 is 0 Å². The molecule has 0 atom stereocenters. The quantitative estimate of drug-likeness (QED) is 0.492. The summed E-state index contributed by atoms with van der Waals surface area (Å²) in [7, 11) is 0. The number of hydrogen-bond acceptors (Lipinski definition) is 3. The number of amidine groups is 1. The van der Waals surface area contributed by atoms with Crippen molar-refractivity contribution in [2.24, 2.45) is 10.7 Å². The third-order valence-corrected chi connectivity index (χ3v) is 1.84. The van der Waals surface area contributed by atoms with Gasteiger partial charge in [0.25, 0.3) is 0 Å². The lowest BCUT2D eigenvalue weighted by atomic mass is 10.3. The summed E-state index contributed by atoms with van der Waals surface area (Å²) in [5.74, 6) is 0.668. The van der Waals surface area contributed by atoms with E-state index in [0.29, 0.717) is 11.0 Å². The van der Waals surface area contributed by atoms with Gasteiger partial charge in [-0.05, 0) is 30.9 Å². The molecule has 0 spiro atoms. The number of rotatable bonds is 1. The van der Waals surface area contributed by atoms with Crippen LogP contribution in [0.5, 0.6) is 0 Å². The highest BCUT2D eigenvalue weighted by Gasteiger charge is 1.92. The zero-order valence-electron chi connectivity index (χ0n) is 7.52. The second-order valence-corrected chi connectivity index (χ2v) is 3.17. The zero-order chi connectivity index (χ0) is 8.97. The molecule has 1 heterocycles. The Hall–Kier alpha value is -0.300. The van der Waals surface area contributed by atoms with E-state index in [-0.39, 0.29) is 24.0 Å². The topological polar surface area (TPSA) is 51.3 Å². The summed E-state index contributed by atoms with van der Waals surface area (Å²) >= 11 is 1.41. The molecule has 0 bridgehead atoms. The van der Waals surface area contributed by atoms with Crippen LogP contribution in [0, 0.1) is 6.92 Å². The highest BCUT2D eigenvalue weighted by atomic mass is 127. The van der Waals surface area contributed by atoms with Crippen LogP contribution < -0.4 is 5.73 Å². The first kappa shape index (κ1) is 12.7. The Morgan fingerprint density at radius 3 is 2.85 bits per heavy atom. The van der Waals surface area contributed by atoms with Gasteiger partial charge in [0.15, 0.2) is 11.0 Å². The van der Waals surface area contributed by atoms with Crippen molar-refractivity contribution < 1.29 is 0 Å². The fourth-order valence-electron chi connectivity index (χ4n) is 0.740. The lowest BCUT2D eigenvalue weighted by Crippen LogP contribution is -2.04. The minimum Gasteiger partial charge on any atom is -0.378 e. The molecular formula is C8H12IN3S. The highest BCUT2D eigenvalue weighted by Crippen LogP contribution is 2.10. The van der Waals surface area contributed by atoms with E-state index >= 15 is 0 Å². The number of aryl methyl sites for hydroxylation is 1. The average molecular weight is 309 g/mol. The van der Waals surface area contributed by atoms with Gasteiger partial charge in [-0.3, -0.25) is 0 Å². The number of halogens is 1. The molecular weight excluding hydrogens is 297 g/mol. The third kappa shape index (κ3) is 4.47. The van der Waals surface area contributed by atoms with Crippen LogP contribution >= 0.6 is 35.7 Å². The highest BCUT2D eigenvalue weighted by molar-refractivity contribution is 14.0. The minimum atomic E-state index is 0. The van der Waals surface area contributed by atoms with Gasteiger partial charge in [-0.25, -0.2) is 9.98 Å². The standard InChI is InChI=1S/C8H11N3S.HI/c1-6-3-4-10-7(5-6)11-8(9)12-2;/h3-5H,1-2H3,(H2,9,10,11);1H. The molecule has 0 unspecified atom stereocenters. The van der Waals surface area contributed by atoms with E-state index in [2.05, 4.69) is 9.98 Å². The Kier molecular flexibility index (Phi) is 6.06. The summed E-state index contributed by atoms with van der Waals surface area (Å²) < 4.78 is 0. The van der Waals surface area contributed by atoms with E-state index in [0.717, 1.165) is 5.56 Å². The van der Waals surface area contributed by atoms with E-state index in [1.807, 2.05) is 25.3 Å². The molecule has 1 rings (SSSR count). The molecule has 0 aliphatic rings. The molecule has 0 amide bonds. The normalized spacial score (nSPS) is 10.8. The molecule has 72 valence electrons. The minimum absolute atomic E-state index is 0. The fourth-order valence-corrected chi connectivity index (χ4v) is 0.925. The van der Waals surface area contributed by atoms with Crippen LogP contribution in [0.3, 0.4) is 0 Å². The average Bonchev–Trinajstić information content (AvgIpc) is 2.04. The van der Waals surface area contributed by atoms with Crippen LogP contribution in [-0.2, 0) is 0 Å². The first-order valence-corrected chi connectivity index (χ1v) is 4.75. The summed E-state index contributed by atoms with van der Waals surface area (Å²) in [6.07, 6.45) is 3.61. The maximum Gasteiger partial charge on any atom is 0.160 e. The van der Waals surface area contributed by atoms with Crippen LogP contribution in [0.15, 0.2) is 23.3 Å². The molecule has 1 aromatic rings. The third-order valence-electron chi connectivity index (χ3n) is 1.33. The van der Waals surface area contributed by atoms with Gasteiger partial charge in [0.1, 0.15) is 0 Å². The Bertz CT molecular complexity index is 301. The van der Waals surface area contributed by atoms with Crippen molar-refractivity contribution in [2.75, 3.05) is 6.26 Å². The second-order valence-electron chi connectivity index (χ2n) is 2.35. The summed E-state index contributed by atoms with van der Waals surface area (Å²) in [6, 6.07) is 3.82. The van der Waals surface area contributed by atoms with Crippen molar-refractivity contribution >= 4 is 46.7 Å². The second kappa shape index (κ2) is 6.20. The molecule has 1 aromatic heterocycles. The number of aromatic nitrogens is 1. The lowest BCUT2D eigenvalue weighted by Gasteiger charge is -1.96. The number of thioether (sulfide) groups is 1. The maximum atomic E-state index is 5.53. The van der Waals surface area contributed by atoms with Crippen molar-refractivity contribution in [2.45, 2.75) is 6.92 Å². The fraction of sp³-hybridized carbons (Fsp3) is 0.250. The van der Waals surface area contributed by atoms with Crippen LogP contribution in [0.4, 0.5) is 5.82 Å².